The highest BCUT2D eigenvalue weighted by atomic mass is 16.5. The summed E-state index contributed by atoms with van der Waals surface area (Å²) in [6.45, 7) is 3.04. The highest BCUT2D eigenvalue weighted by Gasteiger charge is 2.14. The standard InChI is InChI=1S/C15H17N3O3/c1-20-14-9-13(18-4-6-21-7-5-18)3-2-11(14)8-12(10-16)15(17)19/h2-3,8-9H,4-7H2,1H3,(H2,17,19)/b12-8-. The molecule has 1 fully saturated rings. The molecule has 1 aromatic carbocycles. The first kappa shape index (κ1) is 14.9. The average molecular weight is 287 g/mol. The molecular formula is C15H17N3O3. The number of morpholine rings is 1. The normalized spacial score (nSPS) is 15.4. The van der Waals surface area contributed by atoms with E-state index >= 15 is 0 Å². The summed E-state index contributed by atoms with van der Waals surface area (Å²) in [4.78, 5) is 13.3. The molecule has 0 saturated carbocycles. The number of nitriles is 1. The van der Waals surface area contributed by atoms with Crippen LogP contribution in [-0.4, -0.2) is 39.3 Å². The van der Waals surface area contributed by atoms with Gasteiger partial charge in [0.1, 0.15) is 17.4 Å². The van der Waals surface area contributed by atoms with E-state index in [1.807, 2.05) is 18.2 Å². The second-order valence-electron chi connectivity index (χ2n) is 4.56. The number of methoxy groups -OCH3 is 1. The van der Waals surface area contributed by atoms with Crippen molar-refractivity contribution in [3.05, 3.63) is 29.3 Å². The number of carbonyl (C=O) groups excluding carboxylic acids is 1. The number of amides is 1. The van der Waals surface area contributed by atoms with Crippen molar-refractivity contribution in [3.8, 4) is 11.8 Å². The van der Waals surface area contributed by atoms with Crippen LogP contribution in [0.2, 0.25) is 0 Å². The first-order chi connectivity index (χ1) is 10.2. The maximum absolute atomic E-state index is 11.1. The van der Waals surface area contributed by atoms with Gasteiger partial charge in [-0.05, 0) is 18.2 Å². The zero-order valence-electron chi connectivity index (χ0n) is 11.8. The molecule has 1 heterocycles. The quantitative estimate of drug-likeness (QED) is 0.657. The van der Waals surface area contributed by atoms with Gasteiger partial charge in [0.15, 0.2) is 0 Å². The molecule has 1 aliphatic rings. The Kier molecular flexibility index (Phi) is 4.80. The van der Waals surface area contributed by atoms with Gasteiger partial charge in [-0.3, -0.25) is 4.79 Å². The van der Waals surface area contributed by atoms with Gasteiger partial charge in [0.2, 0.25) is 0 Å². The molecule has 0 bridgehead atoms. The fourth-order valence-corrected chi connectivity index (χ4v) is 2.15. The van der Waals surface area contributed by atoms with E-state index in [4.69, 9.17) is 20.5 Å². The maximum Gasteiger partial charge on any atom is 0.259 e. The third-order valence-corrected chi connectivity index (χ3v) is 3.28. The van der Waals surface area contributed by atoms with Crippen molar-refractivity contribution in [2.45, 2.75) is 0 Å². The second-order valence-corrected chi connectivity index (χ2v) is 4.56. The summed E-state index contributed by atoms with van der Waals surface area (Å²) in [5, 5.41) is 8.90. The second kappa shape index (κ2) is 6.77. The molecule has 1 saturated heterocycles. The van der Waals surface area contributed by atoms with Gasteiger partial charge in [-0.2, -0.15) is 5.26 Å². The molecular weight excluding hydrogens is 270 g/mol. The SMILES string of the molecule is COc1cc(N2CCOCC2)ccc1/C=C(/C#N)C(N)=O. The highest BCUT2D eigenvalue weighted by Crippen LogP contribution is 2.28. The Balaban J connectivity index is 2.32. The molecule has 1 aromatic rings. The molecule has 0 spiro atoms. The lowest BCUT2D eigenvalue weighted by molar-refractivity contribution is -0.114. The lowest BCUT2D eigenvalue weighted by atomic mass is 10.1. The van der Waals surface area contributed by atoms with Crippen LogP contribution < -0.4 is 15.4 Å². The average Bonchev–Trinajstić information content (AvgIpc) is 2.53. The van der Waals surface area contributed by atoms with Crippen LogP contribution >= 0.6 is 0 Å². The summed E-state index contributed by atoms with van der Waals surface area (Å²) in [7, 11) is 1.55. The number of carbonyl (C=O) groups is 1. The maximum atomic E-state index is 11.1. The minimum atomic E-state index is -0.753. The minimum Gasteiger partial charge on any atom is -0.496 e. The number of ether oxygens (including phenoxy) is 2. The van der Waals surface area contributed by atoms with Gasteiger partial charge in [0.25, 0.3) is 5.91 Å². The zero-order valence-corrected chi connectivity index (χ0v) is 11.8. The molecule has 2 rings (SSSR count). The molecule has 0 unspecified atom stereocenters. The van der Waals surface area contributed by atoms with E-state index in [1.165, 1.54) is 6.08 Å². The smallest absolute Gasteiger partial charge is 0.259 e. The van der Waals surface area contributed by atoms with Crippen LogP contribution in [0.3, 0.4) is 0 Å². The van der Waals surface area contributed by atoms with Crippen molar-refractivity contribution >= 4 is 17.7 Å². The number of benzene rings is 1. The topological polar surface area (TPSA) is 88.6 Å². The number of nitrogens with zero attached hydrogens (tertiary/aromatic N) is 2. The third kappa shape index (κ3) is 3.52. The number of rotatable bonds is 4. The van der Waals surface area contributed by atoms with Crippen molar-refractivity contribution < 1.29 is 14.3 Å². The summed E-state index contributed by atoms with van der Waals surface area (Å²) in [5.41, 5.74) is 6.70. The van der Waals surface area contributed by atoms with Gasteiger partial charge < -0.3 is 20.1 Å². The molecule has 1 aliphatic heterocycles. The van der Waals surface area contributed by atoms with Gasteiger partial charge in [0.05, 0.1) is 20.3 Å². The minimum absolute atomic E-state index is 0.104. The van der Waals surface area contributed by atoms with E-state index in [0.717, 1.165) is 18.8 Å². The van der Waals surface area contributed by atoms with Crippen molar-refractivity contribution in [2.24, 2.45) is 5.73 Å². The van der Waals surface area contributed by atoms with Gasteiger partial charge >= 0.3 is 0 Å². The molecule has 0 atom stereocenters. The van der Waals surface area contributed by atoms with Crippen LogP contribution in [-0.2, 0) is 9.53 Å². The Morgan fingerprint density at radius 3 is 2.76 bits per heavy atom. The van der Waals surface area contributed by atoms with E-state index in [1.54, 1.807) is 13.2 Å². The lowest BCUT2D eigenvalue weighted by Crippen LogP contribution is -2.36. The Morgan fingerprint density at radius 2 is 2.19 bits per heavy atom. The van der Waals surface area contributed by atoms with Crippen molar-refractivity contribution in [2.75, 3.05) is 38.3 Å². The molecule has 0 aliphatic carbocycles. The fraction of sp³-hybridized carbons (Fsp3) is 0.333. The van der Waals surface area contributed by atoms with Gasteiger partial charge in [-0.1, -0.05) is 0 Å². The van der Waals surface area contributed by atoms with Crippen LogP contribution in [0.15, 0.2) is 23.8 Å². The lowest BCUT2D eigenvalue weighted by Gasteiger charge is -2.29. The van der Waals surface area contributed by atoms with Crippen LogP contribution in [0, 0.1) is 11.3 Å². The van der Waals surface area contributed by atoms with Crippen LogP contribution in [0.4, 0.5) is 5.69 Å². The van der Waals surface area contributed by atoms with Crippen LogP contribution in [0.5, 0.6) is 5.75 Å². The molecule has 6 nitrogen and oxygen atoms in total. The summed E-state index contributed by atoms with van der Waals surface area (Å²) in [5.74, 6) is -0.162. The Hall–Kier alpha value is -2.52. The van der Waals surface area contributed by atoms with Gasteiger partial charge in [0, 0.05) is 30.4 Å². The Bertz CT molecular complexity index is 599. The van der Waals surface area contributed by atoms with Crippen molar-refractivity contribution in [1.29, 1.82) is 5.26 Å². The van der Waals surface area contributed by atoms with Gasteiger partial charge in [-0.25, -0.2) is 0 Å². The van der Waals surface area contributed by atoms with E-state index < -0.39 is 5.91 Å². The predicted octanol–water partition coefficient (Wildman–Crippen LogP) is 0.924. The number of primary amides is 1. The summed E-state index contributed by atoms with van der Waals surface area (Å²) in [6, 6.07) is 7.40. The van der Waals surface area contributed by atoms with Crippen LogP contribution in [0.25, 0.3) is 6.08 Å². The number of hydrogen-bond acceptors (Lipinski definition) is 5. The summed E-state index contributed by atoms with van der Waals surface area (Å²) < 4.78 is 10.7. The Labute approximate surface area is 123 Å². The van der Waals surface area contributed by atoms with Crippen molar-refractivity contribution in [1.82, 2.24) is 0 Å². The number of hydrogen-bond donors (Lipinski definition) is 1. The molecule has 2 N–H and O–H groups in total. The van der Waals surface area contributed by atoms with E-state index in [2.05, 4.69) is 4.90 Å². The predicted molar refractivity (Wildman–Crippen MR) is 78.8 cm³/mol. The van der Waals surface area contributed by atoms with Crippen LogP contribution in [0.1, 0.15) is 5.56 Å². The fourth-order valence-electron chi connectivity index (χ4n) is 2.15. The molecule has 6 heteroatoms. The zero-order chi connectivity index (χ0) is 15.2. The van der Waals surface area contributed by atoms with Gasteiger partial charge in [-0.15, -0.1) is 0 Å². The molecule has 0 radical (unpaired) electrons. The summed E-state index contributed by atoms with van der Waals surface area (Å²) >= 11 is 0. The highest BCUT2D eigenvalue weighted by molar-refractivity contribution is 6.00. The summed E-state index contributed by atoms with van der Waals surface area (Å²) in [6.07, 6.45) is 1.43. The number of anilines is 1. The third-order valence-electron chi connectivity index (χ3n) is 3.28. The first-order valence-corrected chi connectivity index (χ1v) is 6.58. The molecule has 110 valence electrons. The largest absolute Gasteiger partial charge is 0.496 e. The molecule has 21 heavy (non-hydrogen) atoms. The first-order valence-electron chi connectivity index (χ1n) is 6.58. The number of nitrogens with two attached hydrogens (primary N) is 1. The molecule has 1 amide bonds. The van der Waals surface area contributed by atoms with E-state index in [-0.39, 0.29) is 5.57 Å². The molecule has 0 aromatic heterocycles. The van der Waals surface area contributed by atoms with E-state index in [0.29, 0.717) is 24.5 Å². The Morgan fingerprint density at radius 1 is 1.48 bits per heavy atom. The van der Waals surface area contributed by atoms with Crippen molar-refractivity contribution in [3.63, 3.8) is 0 Å². The van der Waals surface area contributed by atoms with E-state index in [9.17, 15) is 4.79 Å². The monoisotopic (exact) mass is 287 g/mol.